The Kier molecular flexibility index (Phi) is 10.8. The van der Waals surface area contributed by atoms with E-state index in [2.05, 4.69) is 55.3 Å². The second-order valence-corrected chi connectivity index (χ2v) is 12.0. The Hall–Kier alpha value is -5.31. The number of nitro groups is 1. The van der Waals surface area contributed by atoms with Crippen LogP contribution in [-0.4, -0.2) is 43.8 Å². The predicted molar refractivity (Wildman–Crippen MR) is 184 cm³/mol. The number of nitrogens with one attached hydrogen (secondary N) is 1. The van der Waals surface area contributed by atoms with Gasteiger partial charge >= 0.3 is 0 Å². The number of rotatable bonds is 14. The number of hydrogen-bond acceptors (Lipinski definition) is 5. The molecule has 1 aromatic heterocycles. The van der Waals surface area contributed by atoms with Crippen LogP contribution in [0.15, 0.2) is 104 Å². The lowest BCUT2D eigenvalue weighted by Gasteiger charge is -2.32. The van der Waals surface area contributed by atoms with Crippen molar-refractivity contribution in [2.24, 2.45) is 5.92 Å². The smallest absolute Gasteiger partial charge is 0.269 e. The van der Waals surface area contributed by atoms with Gasteiger partial charge in [-0.05, 0) is 51.9 Å². The molecule has 1 N–H and O–H groups in total. The van der Waals surface area contributed by atoms with Crippen molar-refractivity contribution in [2.75, 3.05) is 6.54 Å². The van der Waals surface area contributed by atoms with E-state index in [1.807, 2.05) is 51.9 Å². The minimum Gasteiger partial charge on any atom is -0.351 e. The van der Waals surface area contributed by atoms with E-state index in [-0.39, 0.29) is 35.9 Å². The van der Waals surface area contributed by atoms with Crippen LogP contribution in [0.2, 0.25) is 0 Å². The molecule has 0 spiro atoms. The molecule has 0 fully saturated rings. The summed E-state index contributed by atoms with van der Waals surface area (Å²) >= 11 is 0. The maximum atomic E-state index is 14.1. The van der Waals surface area contributed by atoms with Crippen LogP contribution in [0.25, 0.3) is 10.8 Å². The normalized spacial score (nSPS) is 12.4. The summed E-state index contributed by atoms with van der Waals surface area (Å²) in [6, 6.07) is 28.2. The Morgan fingerprint density at radius 3 is 2.34 bits per heavy atom. The minimum atomic E-state index is -0.427. The van der Waals surface area contributed by atoms with Gasteiger partial charge in [-0.1, -0.05) is 93.9 Å². The number of benzene rings is 4. The Balaban J connectivity index is 1.36. The Bertz CT molecular complexity index is 1830. The predicted octanol–water partition coefficient (Wildman–Crippen LogP) is 6.97. The summed E-state index contributed by atoms with van der Waals surface area (Å²) in [5.41, 5.74) is 4.45. The molecule has 0 bridgehead atoms. The molecule has 0 aliphatic rings. The van der Waals surface area contributed by atoms with Gasteiger partial charge in [0, 0.05) is 55.3 Å². The summed E-state index contributed by atoms with van der Waals surface area (Å²) in [5, 5.41) is 16.5. The lowest BCUT2D eigenvalue weighted by molar-refractivity contribution is -0.384. The van der Waals surface area contributed by atoms with Crippen molar-refractivity contribution in [1.29, 1.82) is 0 Å². The van der Waals surface area contributed by atoms with Gasteiger partial charge in [0.15, 0.2) is 0 Å². The second kappa shape index (κ2) is 15.3. The number of non-ortho nitro benzene ring substituents is 1. The average molecular weight is 632 g/mol. The SMILES string of the molecule is CCc1ccc(C(=O)N(Cc2cccc3ccccc23)C[C@@H](NC(=O)Cc2cncn2Cc2ccc([N+](=O)[O-])cc2)[C@@H](C)CC)cc1. The third-order valence-electron chi connectivity index (χ3n) is 8.87. The van der Waals surface area contributed by atoms with Gasteiger partial charge in [0.25, 0.3) is 11.6 Å². The number of nitro benzene ring substituents is 1. The quantitative estimate of drug-likeness (QED) is 0.105. The van der Waals surface area contributed by atoms with E-state index in [9.17, 15) is 19.7 Å². The number of carbonyl (C=O) groups excluding carboxylic acids is 2. The number of carbonyl (C=O) groups is 2. The average Bonchev–Trinajstić information content (AvgIpc) is 3.52. The second-order valence-electron chi connectivity index (χ2n) is 12.0. The van der Waals surface area contributed by atoms with E-state index in [4.69, 9.17) is 0 Å². The first-order valence-electron chi connectivity index (χ1n) is 16.1. The number of aromatic nitrogens is 2. The molecule has 0 radical (unpaired) electrons. The van der Waals surface area contributed by atoms with Crippen LogP contribution in [-0.2, 0) is 30.7 Å². The molecule has 5 aromatic rings. The van der Waals surface area contributed by atoms with E-state index in [0.717, 1.165) is 40.4 Å². The maximum absolute atomic E-state index is 14.1. The highest BCUT2D eigenvalue weighted by Crippen LogP contribution is 2.23. The molecule has 242 valence electrons. The summed E-state index contributed by atoms with van der Waals surface area (Å²) in [6.45, 7) is 7.45. The van der Waals surface area contributed by atoms with E-state index in [1.54, 1.807) is 24.7 Å². The zero-order chi connectivity index (χ0) is 33.3. The van der Waals surface area contributed by atoms with Crippen molar-refractivity contribution in [1.82, 2.24) is 19.8 Å². The molecule has 4 aromatic carbocycles. The first-order valence-corrected chi connectivity index (χ1v) is 16.1. The largest absolute Gasteiger partial charge is 0.351 e. The van der Waals surface area contributed by atoms with Crippen LogP contribution in [0.3, 0.4) is 0 Å². The van der Waals surface area contributed by atoms with Crippen molar-refractivity contribution >= 4 is 28.3 Å². The zero-order valence-electron chi connectivity index (χ0n) is 27.1. The van der Waals surface area contributed by atoms with Crippen molar-refractivity contribution in [2.45, 2.75) is 59.2 Å². The lowest BCUT2D eigenvalue weighted by atomic mass is 9.97. The molecule has 0 aliphatic heterocycles. The van der Waals surface area contributed by atoms with Gasteiger partial charge < -0.3 is 14.8 Å². The van der Waals surface area contributed by atoms with Crippen molar-refractivity contribution in [3.05, 3.63) is 142 Å². The molecule has 1 heterocycles. The first-order chi connectivity index (χ1) is 22.7. The fourth-order valence-electron chi connectivity index (χ4n) is 5.79. The van der Waals surface area contributed by atoms with Crippen molar-refractivity contribution in [3.8, 4) is 0 Å². The number of nitrogens with zero attached hydrogens (tertiary/aromatic N) is 4. The molecular weight excluding hydrogens is 590 g/mol. The third-order valence-corrected chi connectivity index (χ3v) is 8.87. The molecule has 9 nitrogen and oxygen atoms in total. The standard InChI is InChI=1S/C38H41N5O4/c1-4-27(3)36(40-37(44)21-34-22-39-26-42(34)23-29-15-19-33(20-16-29)43(46)47)25-41(38(45)31-17-13-28(5-2)14-18-31)24-32-11-8-10-30-9-6-7-12-35(30)32/h6-20,22,26-27,36H,4-5,21,23-25H2,1-3H3,(H,40,44)/t27-,36+/m0/s1. The summed E-state index contributed by atoms with van der Waals surface area (Å²) in [7, 11) is 0. The molecule has 2 atom stereocenters. The van der Waals surface area contributed by atoms with E-state index >= 15 is 0 Å². The Morgan fingerprint density at radius 1 is 0.936 bits per heavy atom. The first kappa shape index (κ1) is 33.1. The fraction of sp³-hybridized carbons (Fsp3) is 0.289. The van der Waals surface area contributed by atoms with Gasteiger partial charge in [-0.25, -0.2) is 4.98 Å². The highest BCUT2D eigenvalue weighted by atomic mass is 16.6. The molecule has 9 heteroatoms. The lowest BCUT2D eigenvalue weighted by Crippen LogP contribution is -2.49. The van der Waals surface area contributed by atoms with E-state index in [0.29, 0.717) is 25.2 Å². The summed E-state index contributed by atoms with van der Waals surface area (Å²) < 4.78 is 1.87. The van der Waals surface area contributed by atoms with Crippen LogP contribution < -0.4 is 5.32 Å². The van der Waals surface area contributed by atoms with Gasteiger partial charge in [-0.2, -0.15) is 0 Å². The van der Waals surface area contributed by atoms with Crippen molar-refractivity contribution in [3.63, 3.8) is 0 Å². The van der Waals surface area contributed by atoms with E-state index < -0.39 is 4.92 Å². The number of imidazole rings is 1. The summed E-state index contributed by atoms with van der Waals surface area (Å²) in [5.74, 6) is -0.135. The highest BCUT2D eigenvalue weighted by molar-refractivity contribution is 5.95. The molecule has 47 heavy (non-hydrogen) atoms. The Labute approximate surface area is 275 Å². The highest BCUT2D eigenvalue weighted by Gasteiger charge is 2.26. The maximum Gasteiger partial charge on any atom is 0.269 e. The summed E-state index contributed by atoms with van der Waals surface area (Å²) in [6.07, 6.45) is 5.15. The van der Waals surface area contributed by atoms with Gasteiger partial charge in [-0.15, -0.1) is 0 Å². The third kappa shape index (κ3) is 8.30. The topological polar surface area (TPSA) is 110 Å². The minimum absolute atomic E-state index is 0.0287. The molecule has 0 saturated carbocycles. The molecule has 0 aliphatic carbocycles. The van der Waals surface area contributed by atoms with Crippen LogP contribution in [0, 0.1) is 16.0 Å². The zero-order valence-corrected chi connectivity index (χ0v) is 27.1. The number of aryl methyl sites for hydroxylation is 1. The number of hydrogen-bond donors (Lipinski definition) is 1. The molecule has 0 unspecified atom stereocenters. The van der Waals surface area contributed by atoms with Gasteiger partial charge in [0.05, 0.1) is 17.7 Å². The molecule has 5 rings (SSSR count). The van der Waals surface area contributed by atoms with Gasteiger partial charge in [0.2, 0.25) is 5.91 Å². The van der Waals surface area contributed by atoms with Crippen LogP contribution in [0.4, 0.5) is 5.69 Å². The van der Waals surface area contributed by atoms with Gasteiger partial charge in [-0.3, -0.25) is 19.7 Å². The molecule has 0 saturated heterocycles. The van der Waals surface area contributed by atoms with Crippen LogP contribution in [0.5, 0.6) is 0 Å². The van der Waals surface area contributed by atoms with Crippen LogP contribution >= 0.6 is 0 Å². The number of fused-ring (bicyclic) bond motifs is 1. The van der Waals surface area contributed by atoms with Gasteiger partial charge in [0.1, 0.15) is 0 Å². The molecule has 2 amide bonds. The number of amides is 2. The fourth-order valence-corrected chi connectivity index (χ4v) is 5.79. The molecular formula is C38H41N5O4. The van der Waals surface area contributed by atoms with E-state index in [1.165, 1.54) is 17.7 Å². The summed E-state index contributed by atoms with van der Waals surface area (Å²) in [4.78, 5) is 44.4. The van der Waals surface area contributed by atoms with Crippen LogP contribution in [0.1, 0.15) is 59.9 Å². The Morgan fingerprint density at radius 2 is 1.64 bits per heavy atom. The van der Waals surface area contributed by atoms with Crippen molar-refractivity contribution < 1.29 is 14.5 Å². The monoisotopic (exact) mass is 631 g/mol.